The highest BCUT2D eigenvalue weighted by Crippen LogP contribution is 2.37. The Morgan fingerprint density at radius 3 is 1.86 bits per heavy atom. The van der Waals surface area contributed by atoms with Gasteiger partial charge in [-0.3, -0.25) is 0 Å². The van der Waals surface area contributed by atoms with Gasteiger partial charge >= 0.3 is 13.3 Å². The smallest absolute Gasteiger partial charge is 0.400 e. The first-order valence-corrected chi connectivity index (χ1v) is 7.14. The van der Waals surface area contributed by atoms with Gasteiger partial charge in [0.25, 0.3) is 0 Å². The summed E-state index contributed by atoms with van der Waals surface area (Å²) in [4.78, 5) is 0. The van der Waals surface area contributed by atoms with Gasteiger partial charge in [0.2, 0.25) is 0 Å². The number of rotatable bonds is 2. The van der Waals surface area contributed by atoms with Gasteiger partial charge in [-0.15, -0.1) is 0 Å². The van der Waals surface area contributed by atoms with E-state index in [1.54, 1.807) is 5.98 Å². The van der Waals surface area contributed by atoms with Crippen molar-refractivity contribution in [2.24, 2.45) is 0 Å². The molecule has 120 valence electrons. The van der Waals surface area contributed by atoms with E-state index < -0.39 is 30.1 Å². The molecule has 0 atom stereocenters. The Labute approximate surface area is 129 Å². The zero-order valence-corrected chi connectivity index (χ0v) is 13.4. The van der Waals surface area contributed by atoms with Gasteiger partial charge in [-0.25, -0.2) is 0 Å². The molecule has 0 aliphatic carbocycles. The van der Waals surface area contributed by atoms with E-state index >= 15 is 0 Å². The highest BCUT2D eigenvalue weighted by Gasteiger charge is 2.50. The first-order valence-electron chi connectivity index (χ1n) is 7.14. The summed E-state index contributed by atoms with van der Waals surface area (Å²) in [7, 11) is -0.507. The average Bonchev–Trinajstić information content (AvgIpc) is 2.56. The predicted molar refractivity (Wildman–Crippen MR) is 81.2 cm³/mol. The van der Waals surface area contributed by atoms with Crippen molar-refractivity contribution in [2.45, 2.75) is 52.0 Å². The summed E-state index contributed by atoms with van der Waals surface area (Å²) >= 11 is 0. The molecule has 1 aromatic rings. The summed E-state index contributed by atoms with van der Waals surface area (Å²) in [5, 5.41) is 0. The van der Waals surface area contributed by atoms with Crippen molar-refractivity contribution < 1.29 is 22.5 Å². The Balaban J connectivity index is 2.17. The fraction of sp³-hybridized carbons (Fsp3) is 0.500. The Kier molecular flexibility index (Phi) is 4.21. The number of alkyl halides is 3. The zero-order valence-electron chi connectivity index (χ0n) is 13.4. The SMILES string of the molecule is C/C(=C\B1OC(C)(C)C(C)(C)O1)c1ccc(C(F)(F)F)cc1. The van der Waals surface area contributed by atoms with Crippen molar-refractivity contribution in [3.63, 3.8) is 0 Å². The summed E-state index contributed by atoms with van der Waals surface area (Å²) in [5.74, 6) is 1.79. The Bertz CT molecular complexity index is 558. The summed E-state index contributed by atoms with van der Waals surface area (Å²) in [6, 6.07) is 5.08. The van der Waals surface area contributed by atoms with Gasteiger partial charge in [-0.1, -0.05) is 23.7 Å². The molecule has 0 aromatic heterocycles. The molecule has 1 heterocycles. The largest absolute Gasteiger partial charge is 0.487 e. The molecular formula is C16H20BF3O2. The molecule has 1 saturated heterocycles. The van der Waals surface area contributed by atoms with E-state index in [-0.39, 0.29) is 0 Å². The summed E-state index contributed by atoms with van der Waals surface area (Å²) < 4.78 is 49.4. The third-order valence-electron chi connectivity index (χ3n) is 4.33. The van der Waals surface area contributed by atoms with E-state index in [1.165, 1.54) is 12.1 Å². The van der Waals surface area contributed by atoms with E-state index in [9.17, 15) is 13.2 Å². The van der Waals surface area contributed by atoms with Crippen molar-refractivity contribution in [1.29, 1.82) is 0 Å². The number of halogens is 3. The van der Waals surface area contributed by atoms with Gasteiger partial charge in [-0.05, 0) is 52.3 Å². The van der Waals surface area contributed by atoms with Crippen molar-refractivity contribution in [2.75, 3.05) is 0 Å². The van der Waals surface area contributed by atoms with Crippen molar-refractivity contribution in [3.05, 3.63) is 41.4 Å². The van der Waals surface area contributed by atoms with Crippen LogP contribution in [0.4, 0.5) is 13.2 Å². The third kappa shape index (κ3) is 3.38. The quantitative estimate of drug-likeness (QED) is 0.734. The van der Waals surface area contributed by atoms with Crippen LogP contribution in [-0.4, -0.2) is 18.3 Å². The molecule has 0 bridgehead atoms. The first kappa shape index (κ1) is 17.1. The number of benzene rings is 1. The van der Waals surface area contributed by atoms with E-state index in [4.69, 9.17) is 9.31 Å². The number of hydrogen-bond acceptors (Lipinski definition) is 2. The molecule has 2 nitrogen and oxygen atoms in total. The van der Waals surface area contributed by atoms with Crippen LogP contribution in [0.1, 0.15) is 45.7 Å². The Hall–Kier alpha value is -1.27. The van der Waals surface area contributed by atoms with Crippen LogP contribution in [0.5, 0.6) is 0 Å². The van der Waals surface area contributed by atoms with Crippen LogP contribution >= 0.6 is 0 Å². The lowest BCUT2D eigenvalue weighted by Crippen LogP contribution is -2.41. The van der Waals surface area contributed by atoms with Crippen LogP contribution in [-0.2, 0) is 15.5 Å². The van der Waals surface area contributed by atoms with Crippen LogP contribution < -0.4 is 0 Å². The Morgan fingerprint density at radius 1 is 1.00 bits per heavy atom. The molecule has 2 rings (SSSR count). The summed E-state index contributed by atoms with van der Waals surface area (Å²) in [6.07, 6.45) is -4.32. The van der Waals surface area contributed by atoms with Crippen LogP contribution in [0.2, 0.25) is 0 Å². The normalized spacial score (nSPS) is 21.3. The van der Waals surface area contributed by atoms with Crippen molar-refractivity contribution in [1.82, 2.24) is 0 Å². The molecule has 1 aliphatic heterocycles. The molecular weight excluding hydrogens is 292 g/mol. The molecule has 0 saturated carbocycles. The van der Waals surface area contributed by atoms with Gasteiger partial charge in [0, 0.05) is 0 Å². The Morgan fingerprint density at radius 2 is 1.45 bits per heavy atom. The molecule has 0 unspecified atom stereocenters. The molecule has 1 aliphatic rings. The van der Waals surface area contributed by atoms with E-state index in [2.05, 4.69) is 0 Å². The second-order valence-electron chi connectivity index (χ2n) is 6.55. The van der Waals surface area contributed by atoms with Gasteiger partial charge in [0.05, 0.1) is 16.8 Å². The number of hydrogen-bond donors (Lipinski definition) is 0. The zero-order chi connectivity index (χ0) is 16.8. The lowest BCUT2D eigenvalue weighted by atomic mass is 9.85. The van der Waals surface area contributed by atoms with Gasteiger partial charge in [-0.2, -0.15) is 13.2 Å². The molecule has 0 amide bonds. The molecule has 22 heavy (non-hydrogen) atoms. The highest BCUT2D eigenvalue weighted by atomic mass is 19.4. The van der Waals surface area contributed by atoms with Crippen LogP contribution in [0, 0.1) is 0 Å². The fourth-order valence-corrected chi connectivity index (χ4v) is 2.18. The minimum Gasteiger partial charge on any atom is -0.400 e. The molecule has 0 N–H and O–H groups in total. The molecule has 0 spiro atoms. The summed E-state index contributed by atoms with van der Waals surface area (Å²) in [6.45, 7) is 9.64. The second kappa shape index (κ2) is 5.42. The molecule has 0 radical (unpaired) electrons. The van der Waals surface area contributed by atoms with Gasteiger partial charge in [0.1, 0.15) is 0 Å². The maximum atomic E-state index is 12.6. The monoisotopic (exact) mass is 312 g/mol. The minimum atomic E-state index is -4.32. The van der Waals surface area contributed by atoms with Crippen LogP contribution in [0.25, 0.3) is 5.57 Å². The van der Waals surface area contributed by atoms with Crippen molar-refractivity contribution >= 4 is 12.7 Å². The van der Waals surface area contributed by atoms with E-state index in [1.807, 2.05) is 34.6 Å². The van der Waals surface area contributed by atoms with Gasteiger partial charge < -0.3 is 9.31 Å². The molecule has 1 fully saturated rings. The lowest BCUT2D eigenvalue weighted by Gasteiger charge is -2.32. The molecule has 1 aromatic carbocycles. The highest BCUT2D eigenvalue weighted by molar-refractivity contribution is 6.53. The topological polar surface area (TPSA) is 18.5 Å². The molecule has 6 heteroatoms. The average molecular weight is 312 g/mol. The predicted octanol–water partition coefficient (Wildman–Crippen LogP) is 4.74. The lowest BCUT2D eigenvalue weighted by molar-refractivity contribution is -0.137. The fourth-order valence-electron chi connectivity index (χ4n) is 2.18. The summed E-state index contributed by atoms with van der Waals surface area (Å²) in [5.41, 5.74) is -0.00183. The van der Waals surface area contributed by atoms with E-state index in [0.29, 0.717) is 5.56 Å². The van der Waals surface area contributed by atoms with E-state index in [0.717, 1.165) is 17.7 Å². The van der Waals surface area contributed by atoms with Crippen LogP contribution in [0.15, 0.2) is 30.2 Å². The maximum Gasteiger partial charge on any atom is 0.487 e. The maximum absolute atomic E-state index is 12.6. The standard InChI is InChI=1S/C16H20BF3O2/c1-11(10-17-21-14(2,3)15(4,5)22-17)12-6-8-13(9-7-12)16(18,19)20/h6-10H,1-5H3/b11-10+. The van der Waals surface area contributed by atoms with Crippen LogP contribution in [0.3, 0.4) is 0 Å². The second-order valence-corrected chi connectivity index (χ2v) is 6.55. The van der Waals surface area contributed by atoms with Gasteiger partial charge in [0.15, 0.2) is 0 Å². The number of allylic oxidation sites excluding steroid dienone is 1. The third-order valence-corrected chi connectivity index (χ3v) is 4.33. The minimum absolute atomic E-state index is 0.436. The first-order chi connectivity index (χ1) is 9.92. The van der Waals surface area contributed by atoms with Crippen molar-refractivity contribution in [3.8, 4) is 0 Å².